The number of aryl methyl sites for hydroxylation is 2. The molecule has 1 aliphatic carbocycles. The predicted octanol–water partition coefficient (Wildman–Crippen LogP) is 4.19. The van der Waals surface area contributed by atoms with E-state index in [9.17, 15) is 4.79 Å². The number of hydrogen-bond acceptors (Lipinski definition) is 5. The van der Waals surface area contributed by atoms with Crippen molar-refractivity contribution >= 4 is 23.4 Å². The van der Waals surface area contributed by atoms with E-state index in [1.165, 1.54) is 35.7 Å². The van der Waals surface area contributed by atoms with Gasteiger partial charge in [-0.15, -0.1) is 10.2 Å². The van der Waals surface area contributed by atoms with Crippen molar-refractivity contribution in [2.45, 2.75) is 37.8 Å². The third kappa shape index (κ3) is 4.29. The Balaban J connectivity index is 1.45. The molecular formula is C22H24N4O2S. The molecule has 4 rings (SSSR count). The monoisotopic (exact) mass is 408 g/mol. The molecule has 0 aliphatic heterocycles. The van der Waals surface area contributed by atoms with Crippen LogP contribution in [0, 0.1) is 6.92 Å². The molecule has 0 spiro atoms. The molecule has 1 aliphatic rings. The largest absolute Gasteiger partial charge is 0.497 e. The van der Waals surface area contributed by atoms with Crippen molar-refractivity contribution in [3.05, 3.63) is 59.4 Å². The van der Waals surface area contributed by atoms with Gasteiger partial charge in [0.2, 0.25) is 5.91 Å². The molecule has 0 atom stereocenters. The van der Waals surface area contributed by atoms with E-state index < -0.39 is 0 Å². The van der Waals surface area contributed by atoms with Gasteiger partial charge in [0.15, 0.2) is 5.16 Å². The van der Waals surface area contributed by atoms with E-state index in [0.717, 1.165) is 35.8 Å². The number of thioether (sulfide) groups is 1. The van der Waals surface area contributed by atoms with E-state index in [-0.39, 0.29) is 11.7 Å². The minimum atomic E-state index is -0.0316. The van der Waals surface area contributed by atoms with Gasteiger partial charge in [0.05, 0.1) is 12.9 Å². The number of carbonyl (C=O) groups excluding carboxylic acids is 1. The number of nitrogens with zero attached hydrogens (tertiary/aromatic N) is 3. The lowest BCUT2D eigenvalue weighted by Crippen LogP contribution is -2.17. The fraction of sp³-hybridized carbons (Fsp3) is 0.318. The summed E-state index contributed by atoms with van der Waals surface area (Å²) in [7, 11) is 1.64. The summed E-state index contributed by atoms with van der Waals surface area (Å²) in [5, 5.41) is 12.2. The number of ether oxygens (including phenoxy) is 1. The molecule has 150 valence electrons. The Bertz CT molecular complexity index is 1010. The lowest BCUT2D eigenvalue weighted by Gasteiger charge is -2.19. The van der Waals surface area contributed by atoms with Crippen molar-refractivity contribution in [1.29, 1.82) is 0 Å². The molecule has 7 heteroatoms. The molecule has 3 aromatic rings. The Morgan fingerprint density at radius 3 is 2.72 bits per heavy atom. The molecule has 0 saturated heterocycles. The molecule has 29 heavy (non-hydrogen) atoms. The van der Waals surface area contributed by atoms with Crippen molar-refractivity contribution in [2.75, 3.05) is 18.2 Å². The molecule has 2 aromatic carbocycles. The molecule has 6 nitrogen and oxygen atoms in total. The van der Waals surface area contributed by atoms with Crippen molar-refractivity contribution < 1.29 is 9.53 Å². The van der Waals surface area contributed by atoms with Crippen LogP contribution in [0.15, 0.2) is 47.6 Å². The highest BCUT2D eigenvalue weighted by atomic mass is 32.2. The second-order valence-corrected chi connectivity index (χ2v) is 7.99. The minimum Gasteiger partial charge on any atom is -0.497 e. The smallest absolute Gasteiger partial charge is 0.234 e. The van der Waals surface area contributed by atoms with Crippen molar-refractivity contribution in [2.24, 2.45) is 0 Å². The lowest BCUT2D eigenvalue weighted by atomic mass is 9.90. The van der Waals surface area contributed by atoms with Gasteiger partial charge in [-0.25, -0.2) is 0 Å². The summed E-state index contributed by atoms with van der Waals surface area (Å²) < 4.78 is 7.17. The summed E-state index contributed by atoms with van der Waals surface area (Å²) in [5.74, 6) is 1.81. The maximum Gasteiger partial charge on any atom is 0.234 e. The Hall–Kier alpha value is -2.80. The van der Waals surface area contributed by atoms with Gasteiger partial charge in [0.1, 0.15) is 11.6 Å². The summed E-state index contributed by atoms with van der Waals surface area (Å²) in [6.07, 6.45) is 4.53. The minimum absolute atomic E-state index is 0.0316. The maximum absolute atomic E-state index is 12.6. The van der Waals surface area contributed by atoms with Crippen LogP contribution in [-0.2, 0) is 17.6 Å². The van der Waals surface area contributed by atoms with Gasteiger partial charge in [-0.05, 0) is 74.1 Å². The van der Waals surface area contributed by atoms with Crippen molar-refractivity contribution in [1.82, 2.24) is 14.8 Å². The van der Waals surface area contributed by atoms with Gasteiger partial charge >= 0.3 is 0 Å². The third-order valence-electron chi connectivity index (χ3n) is 5.13. The van der Waals surface area contributed by atoms with Crippen LogP contribution in [-0.4, -0.2) is 33.5 Å². The van der Waals surface area contributed by atoms with E-state index in [1.54, 1.807) is 7.11 Å². The van der Waals surface area contributed by atoms with Crippen LogP contribution in [0.2, 0.25) is 0 Å². The van der Waals surface area contributed by atoms with Gasteiger partial charge in [-0.2, -0.15) is 0 Å². The first kappa shape index (κ1) is 19.5. The zero-order chi connectivity index (χ0) is 20.2. The number of hydrogen-bond donors (Lipinski definition) is 1. The zero-order valence-electron chi connectivity index (χ0n) is 16.6. The molecule has 1 N–H and O–H groups in total. The number of nitrogens with one attached hydrogen (secondary N) is 1. The second-order valence-electron chi connectivity index (χ2n) is 7.05. The highest BCUT2D eigenvalue weighted by Gasteiger charge is 2.16. The van der Waals surface area contributed by atoms with E-state index in [0.29, 0.717) is 5.16 Å². The Labute approximate surface area is 174 Å². The number of anilines is 1. The average molecular weight is 409 g/mol. The number of aromatic nitrogens is 3. The first-order valence-electron chi connectivity index (χ1n) is 9.75. The molecular weight excluding hydrogens is 384 g/mol. The molecule has 0 radical (unpaired) electrons. The van der Waals surface area contributed by atoms with E-state index in [1.807, 2.05) is 47.9 Å². The fourth-order valence-corrected chi connectivity index (χ4v) is 4.48. The van der Waals surface area contributed by atoms with Crippen LogP contribution in [0.1, 0.15) is 29.8 Å². The molecule has 0 fully saturated rings. The molecule has 1 heterocycles. The Kier molecular flexibility index (Phi) is 5.85. The number of fused-ring (bicyclic) bond motifs is 1. The normalized spacial score (nSPS) is 13.0. The summed E-state index contributed by atoms with van der Waals surface area (Å²) in [4.78, 5) is 12.6. The molecule has 0 unspecified atom stereocenters. The standard InChI is InChI=1S/C22H24N4O2S/c1-15-24-25-22(26(15)17-10-12-18(28-2)13-11-17)29-14-21(27)23-20-9-5-7-16-6-3-4-8-19(16)20/h5,7,9-13H,3-4,6,8,14H2,1-2H3,(H,23,27). The number of rotatable bonds is 6. The number of benzene rings is 2. The third-order valence-corrected chi connectivity index (χ3v) is 6.06. The highest BCUT2D eigenvalue weighted by molar-refractivity contribution is 7.99. The summed E-state index contributed by atoms with van der Waals surface area (Å²) in [6.45, 7) is 1.90. The molecule has 1 amide bonds. The van der Waals surface area contributed by atoms with E-state index >= 15 is 0 Å². The number of carbonyl (C=O) groups is 1. The van der Waals surface area contributed by atoms with Crippen LogP contribution in [0.5, 0.6) is 5.75 Å². The first-order chi connectivity index (χ1) is 14.2. The second kappa shape index (κ2) is 8.69. The Morgan fingerprint density at radius 2 is 1.93 bits per heavy atom. The van der Waals surface area contributed by atoms with Crippen LogP contribution in [0.3, 0.4) is 0 Å². The molecule has 1 aromatic heterocycles. The van der Waals surface area contributed by atoms with Crippen LogP contribution >= 0.6 is 11.8 Å². The van der Waals surface area contributed by atoms with Gasteiger partial charge < -0.3 is 10.1 Å². The number of methoxy groups -OCH3 is 1. The van der Waals surface area contributed by atoms with Crippen LogP contribution < -0.4 is 10.1 Å². The Morgan fingerprint density at radius 1 is 1.14 bits per heavy atom. The summed E-state index contributed by atoms with van der Waals surface area (Å²) in [6, 6.07) is 13.9. The average Bonchev–Trinajstić information content (AvgIpc) is 3.13. The lowest BCUT2D eigenvalue weighted by molar-refractivity contribution is -0.113. The van der Waals surface area contributed by atoms with Crippen LogP contribution in [0.4, 0.5) is 5.69 Å². The maximum atomic E-state index is 12.6. The zero-order valence-corrected chi connectivity index (χ0v) is 17.5. The van der Waals surface area contributed by atoms with Gasteiger partial charge in [0.25, 0.3) is 0 Å². The quantitative estimate of drug-likeness (QED) is 0.619. The highest BCUT2D eigenvalue weighted by Crippen LogP contribution is 2.28. The van der Waals surface area contributed by atoms with E-state index in [2.05, 4.69) is 21.6 Å². The summed E-state index contributed by atoms with van der Waals surface area (Å²) in [5.41, 5.74) is 4.53. The topological polar surface area (TPSA) is 69.0 Å². The van der Waals surface area contributed by atoms with Gasteiger partial charge in [-0.1, -0.05) is 23.9 Å². The van der Waals surface area contributed by atoms with Crippen molar-refractivity contribution in [3.63, 3.8) is 0 Å². The van der Waals surface area contributed by atoms with Crippen molar-refractivity contribution in [3.8, 4) is 11.4 Å². The predicted molar refractivity (Wildman–Crippen MR) is 115 cm³/mol. The SMILES string of the molecule is COc1ccc(-n2c(C)nnc2SCC(=O)Nc2cccc3c2CCCC3)cc1. The molecule has 0 bridgehead atoms. The van der Waals surface area contributed by atoms with Gasteiger partial charge in [0, 0.05) is 11.4 Å². The summed E-state index contributed by atoms with van der Waals surface area (Å²) >= 11 is 1.38. The van der Waals surface area contributed by atoms with Gasteiger partial charge in [-0.3, -0.25) is 9.36 Å². The van der Waals surface area contributed by atoms with E-state index in [4.69, 9.17) is 4.74 Å². The molecule has 0 saturated carbocycles. The first-order valence-corrected chi connectivity index (χ1v) is 10.7. The number of amides is 1. The van der Waals surface area contributed by atoms with Crippen LogP contribution in [0.25, 0.3) is 5.69 Å². The fourth-order valence-electron chi connectivity index (χ4n) is 3.68.